The highest BCUT2D eigenvalue weighted by atomic mass is 32.2. The van der Waals surface area contributed by atoms with E-state index in [-0.39, 0.29) is 11.7 Å². The highest BCUT2D eigenvalue weighted by Gasteiger charge is 2.09. The molecule has 0 spiro atoms. The molecule has 2 aromatic heterocycles. The first-order valence-corrected chi connectivity index (χ1v) is 8.61. The number of carbonyl (C=O) groups is 1. The van der Waals surface area contributed by atoms with Gasteiger partial charge in [-0.05, 0) is 23.9 Å². The van der Waals surface area contributed by atoms with Gasteiger partial charge in [-0.3, -0.25) is 4.79 Å². The molecule has 6 heteroatoms. The van der Waals surface area contributed by atoms with E-state index in [0.29, 0.717) is 6.61 Å². The lowest BCUT2D eigenvalue weighted by molar-refractivity contribution is -0.141. The average molecular weight is 330 g/mol. The molecule has 0 N–H and O–H groups in total. The maximum Gasteiger partial charge on any atom is 0.316 e. The molecular weight excluding hydrogens is 316 g/mol. The average Bonchev–Trinajstić information content (AvgIpc) is 3.01. The third-order valence-electron chi connectivity index (χ3n) is 3.07. The van der Waals surface area contributed by atoms with Gasteiger partial charge in [0.15, 0.2) is 0 Å². The van der Waals surface area contributed by atoms with Crippen molar-refractivity contribution >= 4 is 39.3 Å². The van der Waals surface area contributed by atoms with Crippen molar-refractivity contribution in [3.63, 3.8) is 0 Å². The van der Waals surface area contributed by atoms with Gasteiger partial charge in [-0.1, -0.05) is 41.6 Å². The van der Waals surface area contributed by atoms with Crippen LogP contribution in [-0.2, 0) is 16.1 Å². The molecule has 22 heavy (non-hydrogen) atoms. The second kappa shape index (κ2) is 6.89. The van der Waals surface area contributed by atoms with Crippen LogP contribution in [0.3, 0.4) is 0 Å². The molecule has 1 aromatic carbocycles. The normalized spacial score (nSPS) is 10.8. The molecule has 0 radical (unpaired) electrons. The van der Waals surface area contributed by atoms with Gasteiger partial charge in [0.25, 0.3) is 0 Å². The number of benzene rings is 1. The fourth-order valence-corrected chi connectivity index (χ4v) is 3.48. The number of hydrogen-bond donors (Lipinski definition) is 0. The summed E-state index contributed by atoms with van der Waals surface area (Å²) in [6.07, 6.45) is 1.53. The third-order valence-corrected chi connectivity index (χ3v) is 4.87. The van der Waals surface area contributed by atoms with E-state index in [2.05, 4.69) is 9.97 Å². The van der Waals surface area contributed by atoms with Crippen LogP contribution in [0, 0.1) is 6.92 Å². The van der Waals surface area contributed by atoms with E-state index >= 15 is 0 Å². The van der Waals surface area contributed by atoms with E-state index in [9.17, 15) is 4.79 Å². The zero-order chi connectivity index (χ0) is 15.4. The van der Waals surface area contributed by atoms with Gasteiger partial charge in [-0.2, -0.15) is 0 Å². The molecule has 0 aliphatic carbocycles. The molecule has 0 bridgehead atoms. The van der Waals surface area contributed by atoms with Crippen LogP contribution in [0.4, 0.5) is 0 Å². The zero-order valence-electron chi connectivity index (χ0n) is 12.0. The molecule has 0 saturated carbocycles. The van der Waals surface area contributed by atoms with Crippen molar-refractivity contribution in [1.29, 1.82) is 0 Å². The predicted molar refractivity (Wildman–Crippen MR) is 89.1 cm³/mol. The summed E-state index contributed by atoms with van der Waals surface area (Å²) in [4.78, 5) is 21.2. The number of rotatable bonds is 5. The van der Waals surface area contributed by atoms with Gasteiger partial charge in [0, 0.05) is 5.39 Å². The molecule has 0 aliphatic heterocycles. The number of aryl methyl sites for hydroxylation is 1. The lowest BCUT2D eigenvalue weighted by atomic mass is 10.2. The molecule has 112 valence electrons. The van der Waals surface area contributed by atoms with E-state index in [1.165, 1.54) is 23.7 Å². The Hall–Kier alpha value is -1.92. The van der Waals surface area contributed by atoms with Crippen LogP contribution in [0.5, 0.6) is 0 Å². The molecule has 0 fully saturated rings. The molecule has 0 saturated heterocycles. The van der Waals surface area contributed by atoms with Gasteiger partial charge in [0.05, 0.1) is 5.75 Å². The van der Waals surface area contributed by atoms with Crippen LogP contribution in [-0.4, -0.2) is 21.7 Å². The lowest BCUT2D eigenvalue weighted by Gasteiger charge is -2.05. The number of thioether (sulfide) groups is 1. The number of nitrogens with zero attached hydrogens (tertiary/aromatic N) is 2. The number of ether oxygens (including phenoxy) is 1. The number of thiophene rings is 1. The van der Waals surface area contributed by atoms with Crippen LogP contribution in [0.2, 0.25) is 0 Å². The molecule has 0 amide bonds. The van der Waals surface area contributed by atoms with Crippen LogP contribution < -0.4 is 0 Å². The minimum absolute atomic E-state index is 0.243. The molecular formula is C16H14N2O2S2. The Morgan fingerprint density at radius 1 is 1.23 bits per heavy atom. The molecule has 0 unspecified atom stereocenters. The van der Waals surface area contributed by atoms with Crippen molar-refractivity contribution < 1.29 is 9.53 Å². The summed E-state index contributed by atoms with van der Waals surface area (Å²) < 4.78 is 5.28. The Bertz CT molecular complexity index is 784. The monoisotopic (exact) mass is 330 g/mol. The minimum atomic E-state index is -0.243. The van der Waals surface area contributed by atoms with E-state index < -0.39 is 0 Å². The number of aromatic nitrogens is 2. The van der Waals surface area contributed by atoms with Crippen molar-refractivity contribution in [1.82, 2.24) is 9.97 Å². The second-order valence-corrected chi connectivity index (χ2v) is 6.61. The quantitative estimate of drug-likeness (QED) is 0.404. The van der Waals surface area contributed by atoms with Gasteiger partial charge in [0.1, 0.15) is 22.8 Å². The summed E-state index contributed by atoms with van der Waals surface area (Å²) in [5.41, 5.74) is 2.18. The van der Waals surface area contributed by atoms with Gasteiger partial charge < -0.3 is 4.74 Å². The molecule has 4 nitrogen and oxygen atoms in total. The summed E-state index contributed by atoms with van der Waals surface area (Å²) in [7, 11) is 0. The molecule has 0 atom stereocenters. The predicted octanol–water partition coefficient (Wildman–Crippen LogP) is 3.84. The van der Waals surface area contributed by atoms with Crippen molar-refractivity contribution in [2.75, 3.05) is 5.75 Å². The highest BCUT2D eigenvalue weighted by molar-refractivity contribution is 8.00. The number of carbonyl (C=O) groups excluding carboxylic acids is 1. The number of esters is 1. The Morgan fingerprint density at radius 2 is 2.05 bits per heavy atom. The number of fused-ring (bicyclic) bond motifs is 1. The Kier molecular flexibility index (Phi) is 4.70. The first-order chi connectivity index (χ1) is 10.7. The van der Waals surface area contributed by atoms with Crippen LogP contribution >= 0.6 is 23.1 Å². The Labute approximate surface area is 136 Å². The summed E-state index contributed by atoms with van der Waals surface area (Å²) >= 11 is 2.95. The van der Waals surface area contributed by atoms with Gasteiger partial charge in [-0.25, -0.2) is 9.97 Å². The third kappa shape index (κ3) is 3.64. The van der Waals surface area contributed by atoms with Crippen molar-refractivity contribution in [3.8, 4) is 0 Å². The van der Waals surface area contributed by atoms with Crippen molar-refractivity contribution in [2.24, 2.45) is 0 Å². The summed E-state index contributed by atoms with van der Waals surface area (Å²) in [6.45, 7) is 2.33. The maximum absolute atomic E-state index is 11.8. The van der Waals surface area contributed by atoms with Crippen LogP contribution in [0.25, 0.3) is 10.2 Å². The van der Waals surface area contributed by atoms with Crippen LogP contribution in [0.1, 0.15) is 11.1 Å². The summed E-state index contributed by atoms with van der Waals surface area (Å²) in [5, 5.41) is 3.78. The van der Waals surface area contributed by atoms with E-state index in [1.54, 1.807) is 11.3 Å². The Balaban J connectivity index is 1.54. The van der Waals surface area contributed by atoms with Crippen molar-refractivity contribution in [3.05, 3.63) is 53.2 Å². The number of hydrogen-bond acceptors (Lipinski definition) is 6. The highest BCUT2D eigenvalue weighted by Crippen LogP contribution is 2.27. The first-order valence-electron chi connectivity index (χ1n) is 6.74. The molecule has 3 rings (SSSR count). The minimum Gasteiger partial charge on any atom is -0.460 e. The maximum atomic E-state index is 11.8. The lowest BCUT2D eigenvalue weighted by Crippen LogP contribution is -2.07. The van der Waals surface area contributed by atoms with E-state index in [0.717, 1.165) is 20.8 Å². The SMILES string of the molecule is Cc1ccc(COC(=O)CSc2ncnc3sccc23)cc1. The fraction of sp³-hybridized carbons (Fsp3) is 0.188. The van der Waals surface area contributed by atoms with E-state index in [4.69, 9.17) is 4.74 Å². The van der Waals surface area contributed by atoms with Crippen molar-refractivity contribution in [2.45, 2.75) is 18.6 Å². The molecule has 2 heterocycles. The van der Waals surface area contributed by atoms with Crippen LogP contribution in [0.15, 0.2) is 47.1 Å². The fourth-order valence-electron chi connectivity index (χ4n) is 1.90. The first kappa shape index (κ1) is 15.0. The Morgan fingerprint density at radius 3 is 2.86 bits per heavy atom. The standard InChI is InChI=1S/C16H14N2O2S2/c1-11-2-4-12(5-3-11)8-20-14(19)9-22-16-13-6-7-21-15(13)17-10-18-16/h2-7,10H,8-9H2,1H3. The molecule has 3 aromatic rings. The largest absolute Gasteiger partial charge is 0.460 e. The smallest absolute Gasteiger partial charge is 0.316 e. The van der Waals surface area contributed by atoms with Gasteiger partial charge >= 0.3 is 5.97 Å². The topological polar surface area (TPSA) is 52.1 Å². The summed E-state index contributed by atoms with van der Waals surface area (Å²) in [6, 6.07) is 9.92. The van der Waals surface area contributed by atoms with Gasteiger partial charge in [0.2, 0.25) is 0 Å². The van der Waals surface area contributed by atoms with E-state index in [1.807, 2.05) is 42.6 Å². The molecule has 0 aliphatic rings. The zero-order valence-corrected chi connectivity index (χ0v) is 13.6. The second-order valence-electron chi connectivity index (χ2n) is 4.75. The summed E-state index contributed by atoms with van der Waals surface area (Å²) in [5.74, 6) is 0.000877. The van der Waals surface area contributed by atoms with Gasteiger partial charge in [-0.15, -0.1) is 11.3 Å².